The maximum atomic E-state index is 13.5. The summed E-state index contributed by atoms with van der Waals surface area (Å²) in [7, 11) is 0. The Morgan fingerprint density at radius 3 is 1.90 bits per heavy atom. The molecule has 3 aromatic carbocycles. The SMILES string of the molecule is O=C(C(c1ccccc1)c1ccccc1)N1CC[NH+](Cc2ccccc2Br)CC1. The zero-order valence-electron chi connectivity index (χ0n) is 16.4. The quantitative estimate of drug-likeness (QED) is 0.633. The molecule has 4 rings (SSSR count). The lowest BCUT2D eigenvalue weighted by Gasteiger charge is -2.34. The number of hydrogen-bond acceptors (Lipinski definition) is 1. The van der Waals surface area contributed by atoms with Crippen LogP contribution < -0.4 is 4.90 Å². The van der Waals surface area contributed by atoms with Crippen LogP contribution in [0.3, 0.4) is 0 Å². The second kappa shape index (κ2) is 9.38. The van der Waals surface area contributed by atoms with Crippen LogP contribution in [0.5, 0.6) is 0 Å². The van der Waals surface area contributed by atoms with Gasteiger partial charge in [-0.25, -0.2) is 0 Å². The molecule has 1 fully saturated rings. The van der Waals surface area contributed by atoms with Crippen LogP contribution in [0, 0.1) is 0 Å². The summed E-state index contributed by atoms with van der Waals surface area (Å²) in [5, 5.41) is 0. The topological polar surface area (TPSA) is 24.8 Å². The Balaban J connectivity index is 1.46. The lowest BCUT2D eigenvalue weighted by atomic mass is 9.90. The van der Waals surface area contributed by atoms with Crippen molar-refractivity contribution in [3.05, 3.63) is 106 Å². The first-order valence-electron chi connectivity index (χ1n) is 10.2. The monoisotopic (exact) mass is 449 g/mol. The molecule has 0 atom stereocenters. The number of benzene rings is 3. The summed E-state index contributed by atoms with van der Waals surface area (Å²) in [6.07, 6.45) is 0. The highest BCUT2D eigenvalue weighted by atomic mass is 79.9. The van der Waals surface area contributed by atoms with E-state index >= 15 is 0 Å². The third kappa shape index (κ3) is 4.77. The molecule has 0 saturated carbocycles. The first-order chi connectivity index (χ1) is 14.2. The maximum absolute atomic E-state index is 13.5. The molecule has 0 radical (unpaired) electrons. The number of halogens is 1. The van der Waals surface area contributed by atoms with Gasteiger partial charge in [-0.3, -0.25) is 4.79 Å². The summed E-state index contributed by atoms with van der Waals surface area (Å²) < 4.78 is 1.17. The van der Waals surface area contributed by atoms with Gasteiger partial charge in [0.15, 0.2) is 0 Å². The van der Waals surface area contributed by atoms with Crippen molar-refractivity contribution in [1.82, 2.24) is 4.90 Å². The van der Waals surface area contributed by atoms with Crippen molar-refractivity contribution in [2.75, 3.05) is 26.2 Å². The second-order valence-electron chi connectivity index (χ2n) is 7.60. The molecule has 4 heteroatoms. The minimum atomic E-state index is -0.234. The third-order valence-corrected chi connectivity index (χ3v) is 6.47. The molecule has 1 N–H and O–H groups in total. The predicted octanol–water partition coefficient (Wildman–Crippen LogP) is 3.51. The Bertz CT molecular complexity index is 898. The molecule has 1 amide bonds. The molecule has 29 heavy (non-hydrogen) atoms. The van der Waals surface area contributed by atoms with Crippen molar-refractivity contribution in [2.45, 2.75) is 12.5 Å². The molecule has 3 nitrogen and oxygen atoms in total. The van der Waals surface area contributed by atoms with Gasteiger partial charge in [-0.2, -0.15) is 0 Å². The molecular formula is C25H26BrN2O+. The molecule has 0 bridgehead atoms. The Kier molecular flexibility index (Phi) is 6.43. The first kappa shape index (κ1) is 19.9. The van der Waals surface area contributed by atoms with Gasteiger partial charge < -0.3 is 9.80 Å². The minimum Gasteiger partial charge on any atom is -0.331 e. The Morgan fingerprint density at radius 1 is 0.828 bits per heavy atom. The van der Waals surface area contributed by atoms with E-state index < -0.39 is 0 Å². The van der Waals surface area contributed by atoms with Crippen LogP contribution in [0.15, 0.2) is 89.4 Å². The number of nitrogens with one attached hydrogen (secondary N) is 1. The van der Waals surface area contributed by atoms with Crippen molar-refractivity contribution in [3.63, 3.8) is 0 Å². The molecule has 3 aromatic rings. The third-order valence-electron chi connectivity index (χ3n) is 5.69. The summed E-state index contributed by atoms with van der Waals surface area (Å²) >= 11 is 3.65. The summed E-state index contributed by atoms with van der Waals surface area (Å²) in [6.45, 7) is 4.54. The smallest absolute Gasteiger partial charge is 0.234 e. The molecule has 1 aliphatic heterocycles. The minimum absolute atomic E-state index is 0.211. The van der Waals surface area contributed by atoms with Gasteiger partial charge in [0.25, 0.3) is 0 Å². The fourth-order valence-corrected chi connectivity index (χ4v) is 4.51. The second-order valence-corrected chi connectivity index (χ2v) is 8.45. The van der Waals surface area contributed by atoms with E-state index in [0.717, 1.165) is 43.9 Å². The van der Waals surface area contributed by atoms with E-state index in [-0.39, 0.29) is 11.8 Å². The first-order valence-corrected chi connectivity index (χ1v) is 11.0. The van der Waals surface area contributed by atoms with Crippen molar-refractivity contribution in [2.24, 2.45) is 0 Å². The lowest BCUT2D eigenvalue weighted by molar-refractivity contribution is -0.917. The molecule has 1 heterocycles. The zero-order valence-corrected chi connectivity index (χ0v) is 18.0. The zero-order chi connectivity index (χ0) is 20.1. The van der Waals surface area contributed by atoms with E-state index in [1.165, 1.54) is 14.9 Å². The van der Waals surface area contributed by atoms with Gasteiger partial charge >= 0.3 is 0 Å². The molecular weight excluding hydrogens is 424 g/mol. The summed E-state index contributed by atoms with van der Waals surface area (Å²) in [4.78, 5) is 17.1. The fraction of sp³-hybridized carbons (Fsp3) is 0.240. The molecule has 1 saturated heterocycles. The Hall–Kier alpha value is -2.43. The van der Waals surface area contributed by atoms with Crippen LogP contribution >= 0.6 is 15.9 Å². The van der Waals surface area contributed by atoms with Crippen molar-refractivity contribution < 1.29 is 9.69 Å². The molecule has 148 valence electrons. The van der Waals surface area contributed by atoms with E-state index in [1.807, 2.05) is 47.4 Å². The van der Waals surface area contributed by atoms with Gasteiger partial charge in [0.1, 0.15) is 6.54 Å². The number of carbonyl (C=O) groups excluding carboxylic acids is 1. The van der Waals surface area contributed by atoms with E-state index in [2.05, 4.69) is 58.4 Å². The van der Waals surface area contributed by atoms with Crippen LogP contribution in [0.25, 0.3) is 0 Å². The number of piperazine rings is 1. The molecule has 1 aliphatic rings. The maximum Gasteiger partial charge on any atom is 0.234 e. The number of amides is 1. The van der Waals surface area contributed by atoms with E-state index in [9.17, 15) is 4.79 Å². The molecule has 0 unspecified atom stereocenters. The lowest BCUT2D eigenvalue weighted by Crippen LogP contribution is -3.13. The highest BCUT2D eigenvalue weighted by Crippen LogP contribution is 2.27. The summed E-state index contributed by atoms with van der Waals surface area (Å²) in [5.74, 6) is -0.0236. The van der Waals surface area contributed by atoms with E-state index in [1.54, 1.807) is 0 Å². The average Bonchev–Trinajstić information content (AvgIpc) is 2.77. The van der Waals surface area contributed by atoms with E-state index in [4.69, 9.17) is 0 Å². The van der Waals surface area contributed by atoms with Gasteiger partial charge in [0, 0.05) is 10.0 Å². The molecule has 0 aliphatic carbocycles. The number of quaternary nitrogens is 1. The van der Waals surface area contributed by atoms with Crippen LogP contribution in [-0.2, 0) is 11.3 Å². The van der Waals surface area contributed by atoms with Gasteiger partial charge in [-0.15, -0.1) is 0 Å². The average molecular weight is 450 g/mol. The summed E-state index contributed by atoms with van der Waals surface area (Å²) in [5.41, 5.74) is 3.45. The largest absolute Gasteiger partial charge is 0.331 e. The standard InChI is InChI=1S/C25H25BrN2O/c26-23-14-8-7-13-22(23)19-27-15-17-28(18-16-27)25(29)24(20-9-3-1-4-10-20)21-11-5-2-6-12-21/h1-14,24H,15-19H2/p+1. The number of carbonyl (C=O) groups is 1. The molecule has 0 spiro atoms. The Labute approximate surface area is 181 Å². The van der Waals surface area contributed by atoms with E-state index in [0.29, 0.717) is 0 Å². The van der Waals surface area contributed by atoms with Crippen LogP contribution in [0.1, 0.15) is 22.6 Å². The Morgan fingerprint density at radius 2 is 1.34 bits per heavy atom. The normalized spacial score (nSPS) is 14.9. The van der Waals surface area contributed by atoms with Crippen molar-refractivity contribution in [3.8, 4) is 0 Å². The number of hydrogen-bond donors (Lipinski definition) is 1. The van der Waals surface area contributed by atoms with Gasteiger partial charge in [0.05, 0.1) is 32.1 Å². The number of nitrogens with zero attached hydrogens (tertiary/aromatic N) is 1. The van der Waals surface area contributed by atoms with Gasteiger partial charge in [-0.1, -0.05) is 94.8 Å². The molecule has 0 aromatic heterocycles. The van der Waals surface area contributed by atoms with Crippen LogP contribution in [-0.4, -0.2) is 37.0 Å². The van der Waals surface area contributed by atoms with Gasteiger partial charge in [0.2, 0.25) is 5.91 Å². The van der Waals surface area contributed by atoms with Gasteiger partial charge in [-0.05, 0) is 17.2 Å². The van der Waals surface area contributed by atoms with Crippen LogP contribution in [0.4, 0.5) is 0 Å². The summed E-state index contributed by atoms with van der Waals surface area (Å²) in [6, 6.07) is 28.7. The fourth-order valence-electron chi connectivity index (χ4n) is 4.08. The highest BCUT2D eigenvalue weighted by molar-refractivity contribution is 9.10. The number of rotatable bonds is 5. The van der Waals surface area contributed by atoms with Crippen LogP contribution in [0.2, 0.25) is 0 Å². The predicted molar refractivity (Wildman–Crippen MR) is 120 cm³/mol. The highest BCUT2D eigenvalue weighted by Gasteiger charge is 2.31. The van der Waals surface area contributed by atoms with Crippen molar-refractivity contribution >= 4 is 21.8 Å². The van der Waals surface area contributed by atoms with Crippen molar-refractivity contribution in [1.29, 1.82) is 0 Å².